The van der Waals surface area contributed by atoms with Crippen molar-refractivity contribution >= 4 is 17.5 Å². The summed E-state index contributed by atoms with van der Waals surface area (Å²) >= 11 is 5.85. The van der Waals surface area contributed by atoms with Crippen LogP contribution in [0.1, 0.15) is 23.1 Å². The van der Waals surface area contributed by atoms with Gasteiger partial charge in [0, 0.05) is 18.0 Å². The average molecular weight is 332 g/mol. The number of ether oxygens (including phenoxy) is 1. The normalized spacial score (nSPS) is 10.4. The Morgan fingerprint density at radius 2 is 1.87 bits per heavy atom. The highest BCUT2D eigenvalue weighted by Crippen LogP contribution is 2.19. The van der Waals surface area contributed by atoms with Crippen molar-refractivity contribution < 1.29 is 9.53 Å². The zero-order chi connectivity index (χ0) is 16.7. The number of aryl methyl sites for hydroxylation is 2. The van der Waals surface area contributed by atoms with E-state index >= 15 is 0 Å². The number of halogens is 1. The quantitative estimate of drug-likeness (QED) is 0.834. The first-order valence-corrected chi connectivity index (χ1v) is 8.11. The van der Waals surface area contributed by atoms with Gasteiger partial charge in [0.05, 0.1) is 7.11 Å². The third-order valence-corrected chi connectivity index (χ3v) is 3.96. The van der Waals surface area contributed by atoms with Gasteiger partial charge in [0.25, 0.3) is 0 Å². The van der Waals surface area contributed by atoms with Crippen LogP contribution in [-0.2, 0) is 17.6 Å². The summed E-state index contributed by atoms with van der Waals surface area (Å²) in [5.41, 5.74) is 3.42. The molecule has 0 unspecified atom stereocenters. The van der Waals surface area contributed by atoms with Crippen molar-refractivity contribution in [1.82, 2.24) is 5.32 Å². The molecule has 0 bridgehead atoms. The Labute approximate surface area is 142 Å². The van der Waals surface area contributed by atoms with Crippen LogP contribution in [0.4, 0.5) is 0 Å². The molecule has 0 radical (unpaired) electrons. The molecule has 0 spiro atoms. The van der Waals surface area contributed by atoms with E-state index in [1.54, 1.807) is 7.11 Å². The van der Waals surface area contributed by atoms with E-state index in [2.05, 4.69) is 11.4 Å². The summed E-state index contributed by atoms with van der Waals surface area (Å²) in [4.78, 5) is 11.9. The molecule has 2 aromatic carbocycles. The van der Waals surface area contributed by atoms with Crippen LogP contribution in [0.25, 0.3) is 0 Å². The van der Waals surface area contributed by atoms with Crippen LogP contribution in [0.15, 0.2) is 42.5 Å². The molecule has 1 amide bonds. The zero-order valence-corrected chi connectivity index (χ0v) is 14.3. The van der Waals surface area contributed by atoms with Crippen molar-refractivity contribution in [2.75, 3.05) is 13.7 Å². The molecule has 2 rings (SSSR count). The second kappa shape index (κ2) is 8.59. The number of hydrogen-bond acceptors (Lipinski definition) is 2. The molecule has 0 fully saturated rings. The minimum Gasteiger partial charge on any atom is -0.496 e. The summed E-state index contributed by atoms with van der Waals surface area (Å²) in [7, 11) is 1.67. The van der Waals surface area contributed by atoms with E-state index < -0.39 is 0 Å². The van der Waals surface area contributed by atoms with Gasteiger partial charge in [0.1, 0.15) is 5.75 Å². The first kappa shape index (κ1) is 17.4. The third-order valence-electron chi connectivity index (χ3n) is 3.71. The van der Waals surface area contributed by atoms with E-state index in [1.807, 2.05) is 43.3 Å². The molecule has 3 nitrogen and oxygen atoms in total. The predicted octanol–water partition coefficient (Wildman–Crippen LogP) is 3.95. The summed E-state index contributed by atoms with van der Waals surface area (Å²) < 4.78 is 5.35. The summed E-state index contributed by atoms with van der Waals surface area (Å²) in [5, 5.41) is 3.68. The highest BCUT2D eigenvalue weighted by Gasteiger charge is 2.05. The highest BCUT2D eigenvalue weighted by atomic mass is 35.5. The monoisotopic (exact) mass is 331 g/mol. The Kier molecular flexibility index (Phi) is 6.48. The molecule has 0 saturated heterocycles. The van der Waals surface area contributed by atoms with E-state index in [1.165, 1.54) is 5.56 Å². The number of hydrogen-bond donors (Lipinski definition) is 1. The highest BCUT2D eigenvalue weighted by molar-refractivity contribution is 6.30. The van der Waals surface area contributed by atoms with Crippen LogP contribution >= 0.6 is 11.6 Å². The molecule has 0 aliphatic heterocycles. The fourth-order valence-corrected chi connectivity index (χ4v) is 2.56. The van der Waals surface area contributed by atoms with Crippen LogP contribution in [-0.4, -0.2) is 19.6 Å². The van der Waals surface area contributed by atoms with Gasteiger partial charge in [-0.25, -0.2) is 0 Å². The number of carbonyl (C=O) groups excluding carboxylic acids is 1. The maximum absolute atomic E-state index is 11.9. The molecule has 0 aliphatic carbocycles. The number of carbonyl (C=O) groups is 1. The van der Waals surface area contributed by atoms with Gasteiger partial charge in [-0.1, -0.05) is 41.4 Å². The Bertz CT molecular complexity index is 653. The maximum atomic E-state index is 11.9. The van der Waals surface area contributed by atoms with Crippen LogP contribution in [0.3, 0.4) is 0 Å². The molecule has 122 valence electrons. The van der Waals surface area contributed by atoms with Gasteiger partial charge in [-0.05, 0) is 49.1 Å². The molecule has 0 heterocycles. The minimum absolute atomic E-state index is 0.0616. The molecule has 0 atom stereocenters. The molecule has 0 aromatic heterocycles. The van der Waals surface area contributed by atoms with Crippen molar-refractivity contribution in [3.8, 4) is 5.75 Å². The van der Waals surface area contributed by atoms with Crippen LogP contribution in [0.2, 0.25) is 5.02 Å². The molecular formula is C19H22ClNO2. The Balaban J connectivity index is 1.76. The zero-order valence-electron chi connectivity index (χ0n) is 13.6. The van der Waals surface area contributed by atoms with Gasteiger partial charge in [0.2, 0.25) is 5.91 Å². The molecule has 4 heteroatoms. The van der Waals surface area contributed by atoms with E-state index in [0.717, 1.165) is 29.7 Å². The van der Waals surface area contributed by atoms with Gasteiger partial charge in [0.15, 0.2) is 0 Å². The largest absolute Gasteiger partial charge is 0.496 e. The standard InChI is InChI=1S/C19H22ClNO2/c1-14-3-9-18(23-2)16(13-14)11-12-21-19(22)10-6-15-4-7-17(20)8-5-15/h3-5,7-9,13H,6,10-12H2,1-2H3,(H,21,22). The smallest absolute Gasteiger partial charge is 0.220 e. The van der Waals surface area contributed by atoms with E-state index in [-0.39, 0.29) is 5.91 Å². The van der Waals surface area contributed by atoms with E-state index in [0.29, 0.717) is 18.0 Å². The summed E-state index contributed by atoms with van der Waals surface area (Å²) in [6, 6.07) is 13.7. The van der Waals surface area contributed by atoms with Crippen molar-refractivity contribution in [2.45, 2.75) is 26.2 Å². The van der Waals surface area contributed by atoms with Crippen LogP contribution in [0.5, 0.6) is 5.75 Å². The van der Waals surface area contributed by atoms with Gasteiger partial charge in [-0.15, -0.1) is 0 Å². The fourth-order valence-electron chi connectivity index (χ4n) is 2.44. The van der Waals surface area contributed by atoms with E-state index in [9.17, 15) is 4.79 Å². The van der Waals surface area contributed by atoms with E-state index in [4.69, 9.17) is 16.3 Å². The first-order valence-electron chi connectivity index (χ1n) is 7.73. The van der Waals surface area contributed by atoms with Gasteiger partial charge >= 0.3 is 0 Å². The summed E-state index contributed by atoms with van der Waals surface area (Å²) in [6.45, 7) is 2.66. The van der Waals surface area contributed by atoms with Crippen molar-refractivity contribution in [3.63, 3.8) is 0 Å². The van der Waals surface area contributed by atoms with Gasteiger partial charge < -0.3 is 10.1 Å². The molecule has 0 aliphatic rings. The third kappa shape index (κ3) is 5.61. The van der Waals surface area contributed by atoms with Crippen LogP contribution < -0.4 is 10.1 Å². The minimum atomic E-state index is 0.0616. The second-order valence-corrected chi connectivity index (χ2v) is 5.98. The average Bonchev–Trinajstić information content (AvgIpc) is 2.54. The lowest BCUT2D eigenvalue weighted by atomic mass is 10.1. The lowest BCUT2D eigenvalue weighted by Crippen LogP contribution is -2.26. The molecule has 2 aromatic rings. The SMILES string of the molecule is COc1ccc(C)cc1CCNC(=O)CCc1ccc(Cl)cc1. The number of rotatable bonds is 7. The Morgan fingerprint density at radius 3 is 2.57 bits per heavy atom. The number of amides is 1. The maximum Gasteiger partial charge on any atom is 0.220 e. The molecule has 1 N–H and O–H groups in total. The lowest BCUT2D eigenvalue weighted by Gasteiger charge is -2.10. The Hall–Kier alpha value is -2.00. The topological polar surface area (TPSA) is 38.3 Å². The summed E-state index contributed by atoms with van der Waals surface area (Å²) in [5.74, 6) is 0.928. The molecular weight excluding hydrogens is 310 g/mol. The van der Waals surface area contributed by atoms with Crippen LogP contribution in [0, 0.1) is 6.92 Å². The number of benzene rings is 2. The number of nitrogens with one attached hydrogen (secondary N) is 1. The Morgan fingerprint density at radius 1 is 1.13 bits per heavy atom. The van der Waals surface area contributed by atoms with Crippen molar-refractivity contribution in [3.05, 3.63) is 64.2 Å². The predicted molar refractivity (Wildman–Crippen MR) is 94.2 cm³/mol. The van der Waals surface area contributed by atoms with Gasteiger partial charge in [-0.2, -0.15) is 0 Å². The number of methoxy groups -OCH3 is 1. The first-order chi connectivity index (χ1) is 11.1. The van der Waals surface area contributed by atoms with Gasteiger partial charge in [-0.3, -0.25) is 4.79 Å². The van der Waals surface area contributed by atoms with Crippen molar-refractivity contribution in [1.29, 1.82) is 0 Å². The second-order valence-electron chi connectivity index (χ2n) is 5.54. The molecule has 0 saturated carbocycles. The molecule has 23 heavy (non-hydrogen) atoms. The van der Waals surface area contributed by atoms with Crippen molar-refractivity contribution in [2.24, 2.45) is 0 Å². The summed E-state index contributed by atoms with van der Waals surface area (Å²) in [6.07, 6.45) is 1.96. The fraction of sp³-hybridized carbons (Fsp3) is 0.316. The lowest BCUT2D eigenvalue weighted by molar-refractivity contribution is -0.121.